The second-order valence-corrected chi connectivity index (χ2v) is 5.27. The minimum atomic E-state index is 0.635. The summed E-state index contributed by atoms with van der Waals surface area (Å²) in [4.78, 5) is 6.13. The molecule has 0 N–H and O–H groups in total. The topological polar surface area (TPSA) is 16.1 Å². The molecule has 0 radical (unpaired) electrons. The van der Waals surface area contributed by atoms with E-state index in [4.69, 9.17) is 11.6 Å². The van der Waals surface area contributed by atoms with Crippen LogP contribution in [0.15, 0.2) is 73.2 Å². The summed E-state index contributed by atoms with van der Waals surface area (Å²) in [6.07, 6.45) is 7.53. The normalized spacial score (nSPS) is 13.7. The summed E-state index contributed by atoms with van der Waals surface area (Å²) < 4.78 is 0. The Kier molecular flexibility index (Phi) is 5.78. The van der Waals surface area contributed by atoms with E-state index in [-0.39, 0.29) is 0 Å². The van der Waals surface area contributed by atoms with E-state index in [0.717, 1.165) is 28.1 Å². The van der Waals surface area contributed by atoms with E-state index in [1.54, 1.807) is 12.4 Å². The SMILES string of the molecule is C=C1C=CC(c2ccccc2)=C(c2ccncc2Cl)N1C.CC. The van der Waals surface area contributed by atoms with Crippen LogP contribution < -0.4 is 0 Å². The Morgan fingerprint density at radius 2 is 1.74 bits per heavy atom. The second kappa shape index (κ2) is 7.80. The zero-order valence-electron chi connectivity index (χ0n) is 13.8. The third kappa shape index (κ3) is 3.54. The monoisotopic (exact) mass is 324 g/mol. The van der Waals surface area contributed by atoms with Crippen molar-refractivity contribution in [2.45, 2.75) is 13.8 Å². The van der Waals surface area contributed by atoms with Crippen molar-refractivity contribution in [3.05, 3.63) is 89.4 Å². The quantitative estimate of drug-likeness (QED) is 0.710. The van der Waals surface area contributed by atoms with Crippen LogP contribution in [-0.4, -0.2) is 16.9 Å². The highest BCUT2D eigenvalue weighted by Crippen LogP contribution is 2.37. The fraction of sp³-hybridized carbons (Fsp3) is 0.150. The molecule has 0 atom stereocenters. The molecule has 0 unspecified atom stereocenters. The van der Waals surface area contributed by atoms with Crippen molar-refractivity contribution in [2.24, 2.45) is 0 Å². The van der Waals surface area contributed by atoms with Gasteiger partial charge in [-0.15, -0.1) is 0 Å². The van der Waals surface area contributed by atoms with Gasteiger partial charge in [-0.25, -0.2) is 0 Å². The molecule has 2 nitrogen and oxygen atoms in total. The highest BCUT2D eigenvalue weighted by molar-refractivity contribution is 6.32. The molecule has 1 aromatic heterocycles. The van der Waals surface area contributed by atoms with Gasteiger partial charge in [0, 0.05) is 36.3 Å². The summed E-state index contributed by atoms with van der Waals surface area (Å²) in [5.41, 5.74) is 5.20. The summed E-state index contributed by atoms with van der Waals surface area (Å²) >= 11 is 6.35. The number of pyridine rings is 1. The van der Waals surface area contributed by atoms with Crippen molar-refractivity contribution in [1.29, 1.82) is 0 Å². The molecule has 0 spiro atoms. The van der Waals surface area contributed by atoms with E-state index in [2.05, 4.69) is 34.7 Å². The van der Waals surface area contributed by atoms with Crippen LogP contribution in [0.2, 0.25) is 5.02 Å². The van der Waals surface area contributed by atoms with Crippen LogP contribution in [0, 0.1) is 0 Å². The van der Waals surface area contributed by atoms with Gasteiger partial charge in [0.25, 0.3) is 0 Å². The predicted octanol–water partition coefficient (Wildman–Crippen LogP) is 5.64. The average Bonchev–Trinajstić information content (AvgIpc) is 2.61. The lowest BCUT2D eigenvalue weighted by Crippen LogP contribution is -2.18. The number of nitrogens with zero attached hydrogens (tertiary/aromatic N) is 2. The molecule has 3 rings (SSSR count). The Morgan fingerprint density at radius 1 is 1.04 bits per heavy atom. The number of allylic oxidation sites excluding steroid dienone is 3. The van der Waals surface area contributed by atoms with Gasteiger partial charge in [-0.3, -0.25) is 4.98 Å². The molecule has 0 saturated heterocycles. The molecule has 3 heteroatoms. The van der Waals surface area contributed by atoms with Crippen LogP contribution in [0.4, 0.5) is 0 Å². The summed E-state index contributed by atoms with van der Waals surface area (Å²) in [6.45, 7) is 8.07. The van der Waals surface area contributed by atoms with E-state index in [0.29, 0.717) is 5.02 Å². The van der Waals surface area contributed by atoms with Gasteiger partial charge in [-0.05, 0) is 17.7 Å². The first-order chi connectivity index (χ1) is 11.2. The summed E-state index contributed by atoms with van der Waals surface area (Å²) in [7, 11) is 2.00. The van der Waals surface area contributed by atoms with Crippen LogP contribution in [0.3, 0.4) is 0 Å². The smallest absolute Gasteiger partial charge is 0.0682 e. The van der Waals surface area contributed by atoms with Gasteiger partial charge in [0.1, 0.15) is 0 Å². The number of hydrogen-bond acceptors (Lipinski definition) is 2. The van der Waals surface area contributed by atoms with Crippen molar-refractivity contribution >= 4 is 22.9 Å². The lowest BCUT2D eigenvalue weighted by molar-refractivity contribution is 0.617. The first kappa shape index (κ1) is 17.0. The Hall–Kier alpha value is -2.32. The van der Waals surface area contributed by atoms with Gasteiger partial charge in [0.15, 0.2) is 0 Å². The maximum atomic E-state index is 6.35. The molecule has 0 fully saturated rings. The molecule has 118 valence electrons. The molecule has 0 bridgehead atoms. The van der Waals surface area contributed by atoms with Crippen LogP contribution >= 0.6 is 11.6 Å². The standard InChI is InChI=1S/C18H15ClN2.C2H6/c1-13-8-9-15(14-6-4-3-5-7-14)18(21(13)2)16-10-11-20-12-17(16)19;1-2/h3-12H,1H2,2H3;1-2H3. The average molecular weight is 325 g/mol. The van der Waals surface area contributed by atoms with Gasteiger partial charge >= 0.3 is 0 Å². The molecule has 0 amide bonds. The highest BCUT2D eigenvalue weighted by Gasteiger charge is 2.20. The molecule has 1 aliphatic rings. The first-order valence-electron chi connectivity index (χ1n) is 7.69. The van der Waals surface area contributed by atoms with E-state index in [1.807, 2.05) is 51.2 Å². The van der Waals surface area contributed by atoms with E-state index >= 15 is 0 Å². The molecule has 23 heavy (non-hydrogen) atoms. The maximum Gasteiger partial charge on any atom is 0.0682 e. The van der Waals surface area contributed by atoms with Crippen LogP contribution in [0.1, 0.15) is 25.0 Å². The number of hydrogen-bond donors (Lipinski definition) is 0. The highest BCUT2D eigenvalue weighted by atomic mass is 35.5. The van der Waals surface area contributed by atoms with Crippen molar-refractivity contribution < 1.29 is 0 Å². The number of halogens is 1. The van der Waals surface area contributed by atoms with Crippen LogP contribution in [0.5, 0.6) is 0 Å². The number of likely N-dealkylation sites (N-methyl/N-ethyl adjacent to an activating group) is 1. The fourth-order valence-corrected chi connectivity index (χ4v) is 2.65. The van der Waals surface area contributed by atoms with Crippen LogP contribution in [-0.2, 0) is 0 Å². The van der Waals surface area contributed by atoms with Gasteiger partial charge < -0.3 is 4.90 Å². The molecule has 2 aromatic rings. The predicted molar refractivity (Wildman–Crippen MR) is 99.9 cm³/mol. The lowest BCUT2D eigenvalue weighted by Gasteiger charge is -2.29. The number of benzene rings is 1. The largest absolute Gasteiger partial charge is 0.344 e. The Bertz CT molecular complexity index is 745. The van der Waals surface area contributed by atoms with Crippen LogP contribution in [0.25, 0.3) is 11.3 Å². The molecule has 0 saturated carbocycles. The minimum Gasteiger partial charge on any atom is -0.344 e. The molecule has 1 aliphatic heterocycles. The first-order valence-corrected chi connectivity index (χ1v) is 8.06. The van der Waals surface area contributed by atoms with Crippen molar-refractivity contribution in [3.63, 3.8) is 0 Å². The maximum absolute atomic E-state index is 6.35. The lowest BCUT2D eigenvalue weighted by atomic mass is 9.96. The third-order valence-electron chi connectivity index (χ3n) is 3.58. The Balaban J connectivity index is 0.000000924. The number of aromatic nitrogens is 1. The van der Waals surface area contributed by atoms with E-state index in [9.17, 15) is 0 Å². The van der Waals surface area contributed by atoms with Gasteiger partial charge in [-0.1, -0.05) is 68.4 Å². The Labute approximate surface area is 143 Å². The fourth-order valence-electron chi connectivity index (χ4n) is 2.44. The molecule has 0 aliphatic carbocycles. The van der Waals surface area contributed by atoms with Gasteiger partial charge in [0.2, 0.25) is 0 Å². The molecular formula is C20H21ClN2. The number of rotatable bonds is 2. The van der Waals surface area contributed by atoms with Crippen molar-refractivity contribution in [2.75, 3.05) is 7.05 Å². The zero-order chi connectivity index (χ0) is 16.8. The van der Waals surface area contributed by atoms with Crippen molar-refractivity contribution in [1.82, 2.24) is 9.88 Å². The molecule has 1 aromatic carbocycles. The third-order valence-corrected chi connectivity index (χ3v) is 3.88. The zero-order valence-corrected chi connectivity index (χ0v) is 14.5. The molecule has 2 heterocycles. The summed E-state index contributed by atoms with van der Waals surface area (Å²) in [5.74, 6) is 0. The molecular weight excluding hydrogens is 304 g/mol. The van der Waals surface area contributed by atoms with E-state index < -0.39 is 0 Å². The Morgan fingerprint density at radius 3 is 2.39 bits per heavy atom. The van der Waals surface area contributed by atoms with Gasteiger partial charge in [-0.2, -0.15) is 0 Å². The minimum absolute atomic E-state index is 0.635. The van der Waals surface area contributed by atoms with Crippen molar-refractivity contribution in [3.8, 4) is 0 Å². The summed E-state index contributed by atoms with van der Waals surface area (Å²) in [5, 5.41) is 0.635. The summed E-state index contributed by atoms with van der Waals surface area (Å²) in [6, 6.07) is 12.2. The van der Waals surface area contributed by atoms with Gasteiger partial charge in [0.05, 0.1) is 10.7 Å². The van der Waals surface area contributed by atoms with E-state index in [1.165, 1.54) is 0 Å². The second-order valence-electron chi connectivity index (χ2n) is 4.87.